The third-order valence-electron chi connectivity index (χ3n) is 4.67. The van der Waals surface area contributed by atoms with Crippen molar-refractivity contribution in [1.82, 2.24) is 10.4 Å². The van der Waals surface area contributed by atoms with Crippen LogP contribution in [-0.4, -0.2) is 47.3 Å². The Balaban J connectivity index is 2.33. The van der Waals surface area contributed by atoms with E-state index in [-0.39, 0.29) is 5.78 Å². The number of amides is 2. The van der Waals surface area contributed by atoms with Gasteiger partial charge in [-0.3, -0.25) is 4.79 Å². The van der Waals surface area contributed by atoms with Crippen LogP contribution in [0.1, 0.15) is 63.9 Å². The topological polar surface area (TPSA) is 94.2 Å². The molecule has 0 unspecified atom stereocenters. The van der Waals surface area contributed by atoms with Crippen molar-refractivity contribution < 1.29 is 28.6 Å². The van der Waals surface area contributed by atoms with Crippen molar-refractivity contribution >= 4 is 18.0 Å². The van der Waals surface area contributed by atoms with Crippen LogP contribution in [-0.2, 0) is 9.47 Å². The molecule has 2 amide bonds. The van der Waals surface area contributed by atoms with Crippen LogP contribution in [0.4, 0.5) is 9.59 Å². The number of nitrogens with zero attached hydrogens (tertiary/aromatic N) is 1. The number of benzene rings is 1. The Morgan fingerprint density at radius 3 is 2.19 bits per heavy atom. The third-order valence-corrected chi connectivity index (χ3v) is 4.67. The Hall–Kier alpha value is -3.03. The van der Waals surface area contributed by atoms with Crippen LogP contribution >= 0.6 is 0 Å². The van der Waals surface area contributed by atoms with Crippen LogP contribution in [0.5, 0.6) is 5.75 Å². The van der Waals surface area contributed by atoms with Gasteiger partial charge in [-0.25, -0.2) is 20.0 Å². The second-order valence-electron chi connectivity index (χ2n) is 9.77. The summed E-state index contributed by atoms with van der Waals surface area (Å²) in [6.45, 7) is 12.2. The number of carbonyl (C=O) groups excluding carboxylic acids is 3. The number of carbonyl (C=O) groups is 3. The largest absolute Gasteiger partial charge is 0.497 e. The summed E-state index contributed by atoms with van der Waals surface area (Å²) in [5.41, 5.74) is 2.23. The number of nitrogens with one attached hydrogen (secondary N) is 1. The number of Topliss-reactive ketones (excluding diaryl/α,β-unsaturated/α-hetero) is 1. The van der Waals surface area contributed by atoms with E-state index < -0.39 is 35.3 Å². The van der Waals surface area contributed by atoms with Crippen LogP contribution in [0.2, 0.25) is 0 Å². The van der Waals surface area contributed by atoms with E-state index in [9.17, 15) is 14.4 Å². The minimum absolute atomic E-state index is 0.163. The minimum atomic E-state index is -0.804. The maximum Gasteiger partial charge on any atom is 0.429 e. The van der Waals surface area contributed by atoms with Crippen molar-refractivity contribution in [3.63, 3.8) is 0 Å². The molecule has 0 aromatic heterocycles. The molecule has 8 nitrogen and oxygen atoms in total. The van der Waals surface area contributed by atoms with Gasteiger partial charge >= 0.3 is 12.2 Å². The van der Waals surface area contributed by atoms with Gasteiger partial charge in [0.15, 0.2) is 5.78 Å². The smallest absolute Gasteiger partial charge is 0.429 e. The molecule has 2 rings (SSSR count). The predicted molar refractivity (Wildman–Crippen MR) is 121 cm³/mol. The molecule has 1 aliphatic carbocycles. The molecule has 1 aromatic carbocycles. The fraction of sp³-hybridized carbons (Fsp3) is 0.542. The first-order valence-corrected chi connectivity index (χ1v) is 10.6. The van der Waals surface area contributed by atoms with Crippen molar-refractivity contribution in [2.24, 2.45) is 5.92 Å². The molecule has 0 spiro atoms. The highest BCUT2D eigenvalue weighted by atomic mass is 16.6. The number of hydrazine groups is 1. The number of methoxy groups -OCH3 is 1. The molecule has 8 heteroatoms. The normalized spacial score (nSPS) is 18.1. The highest BCUT2D eigenvalue weighted by molar-refractivity contribution is 6.01. The number of ketones is 1. The standard InChI is InChI=1S/C24H34N2O6/c1-15-14-16(30-8)12-13-17(15)20(27)18-10-9-11-19(18)26(22(29)32-24(5,6)7)25-21(28)31-23(2,3)4/h9-10,12-14,18-19H,11H2,1-8H3,(H,25,28)/t18-,19-/m1/s1. The Labute approximate surface area is 189 Å². The molecule has 1 aromatic rings. The van der Waals surface area contributed by atoms with Crippen LogP contribution in [0.25, 0.3) is 0 Å². The fourth-order valence-electron chi connectivity index (χ4n) is 3.36. The van der Waals surface area contributed by atoms with Gasteiger partial charge in [-0.15, -0.1) is 0 Å². The van der Waals surface area contributed by atoms with Gasteiger partial charge in [0.2, 0.25) is 0 Å². The highest BCUT2D eigenvalue weighted by Gasteiger charge is 2.40. The average Bonchev–Trinajstić information content (AvgIpc) is 3.11. The van der Waals surface area contributed by atoms with E-state index in [2.05, 4.69) is 5.43 Å². The van der Waals surface area contributed by atoms with E-state index in [1.165, 1.54) is 0 Å². The molecule has 0 fully saturated rings. The van der Waals surface area contributed by atoms with Crippen molar-refractivity contribution in [1.29, 1.82) is 0 Å². The van der Waals surface area contributed by atoms with Crippen LogP contribution in [0.15, 0.2) is 30.4 Å². The molecular formula is C24H34N2O6. The van der Waals surface area contributed by atoms with Gasteiger partial charge in [0.25, 0.3) is 0 Å². The first kappa shape index (κ1) is 25.2. The van der Waals surface area contributed by atoms with Crippen LogP contribution in [0.3, 0.4) is 0 Å². The Morgan fingerprint density at radius 1 is 1.03 bits per heavy atom. The third kappa shape index (κ3) is 6.73. The van der Waals surface area contributed by atoms with Gasteiger partial charge in [0, 0.05) is 5.56 Å². The fourth-order valence-corrected chi connectivity index (χ4v) is 3.36. The zero-order valence-electron chi connectivity index (χ0n) is 20.1. The van der Waals surface area contributed by atoms with E-state index in [1.807, 2.05) is 13.0 Å². The number of ether oxygens (including phenoxy) is 3. The minimum Gasteiger partial charge on any atom is -0.497 e. The first-order chi connectivity index (χ1) is 14.7. The second-order valence-corrected chi connectivity index (χ2v) is 9.77. The molecule has 176 valence electrons. The lowest BCUT2D eigenvalue weighted by Gasteiger charge is -2.34. The summed E-state index contributed by atoms with van der Waals surface area (Å²) in [6.07, 6.45) is 2.38. The zero-order valence-corrected chi connectivity index (χ0v) is 20.1. The summed E-state index contributed by atoms with van der Waals surface area (Å²) < 4.78 is 16.0. The van der Waals surface area contributed by atoms with Gasteiger partial charge in [-0.2, -0.15) is 0 Å². The Bertz CT molecular complexity index is 895. The number of aryl methyl sites for hydroxylation is 1. The summed E-state index contributed by atoms with van der Waals surface area (Å²) in [4.78, 5) is 38.8. The Kier molecular flexibility index (Phi) is 7.59. The van der Waals surface area contributed by atoms with Crippen LogP contribution in [0, 0.1) is 12.8 Å². The average molecular weight is 447 g/mol. The molecule has 32 heavy (non-hydrogen) atoms. The molecule has 0 saturated carbocycles. The molecule has 0 bridgehead atoms. The van der Waals surface area contributed by atoms with E-state index >= 15 is 0 Å². The van der Waals surface area contributed by atoms with Crippen molar-refractivity contribution in [3.8, 4) is 5.75 Å². The maximum atomic E-state index is 13.4. The summed E-state index contributed by atoms with van der Waals surface area (Å²) in [7, 11) is 1.56. The first-order valence-electron chi connectivity index (χ1n) is 10.6. The molecule has 1 N–H and O–H groups in total. The number of hydrogen-bond donors (Lipinski definition) is 1. The highest BCUT2D eigenvalue weighted by Crippen LogP contribution is 2.30. The quantitative estimate of drug-likeness (QED) is 0.405. The van der Waals surface area contributed by atoms with Gasteiger partial charge in [-0.05, 0) is 78.6 Å². The summed E-state index contributed by atoms with van der Waals surface area (Å²) in [5.74, 6) is -0.174. The Morgan fingerprint density at radius 2 is 1.66 bits per heavy atom. The number of rotatable bonds is 4. The lowest BCUT2D eigenvalue weighted by molar-refractivity contribution is -0.0120. The van der Waals surface area contributed by atoms with Crippen molar-refractivity contribution in [2.75, 3.05) is 7.11 Å². The van der Waals surface area contributed by atoms with Gasteiger partial charge in [0.05, 0.1) is 19.1 Å². The SMILES string of the molecule is COc1ccc(C(=O)[C@@H]2C=CC[C@H]2N(NC(=O)OC(C)(C)C)C(=O)OC(C)(C)C)c(C)c1. The summed E-state index contributed by atoms with van der Waals surface area (Å²) in [6, 6.07) is 4.55. The van der Waals surface area contributed by atoms with Crippen molar-refractivity contribution in [2.45, 2.75) is 72.1 Å². The molecule has 2 atom stereocenters. The summed E-state index contributed by atoms with van der Waals surface area (Å²) >= 11 is 0. The molecule has 0 radical (unpaired) electrons. The molecule has 0 saturated heterocycles. The molecule has 0 heterocycles. The van der Waals surface area contributed by atoms with E-state index in [1.54, 1.807) is 72.9 Å². The van der Waals surface area contributed by atoms with Gasteiger partial charge < -0.3 is 14.2 Å². The maximum absolute atomic E-state index is 13.4. The molecule has 1 aliphatic rings. The second kappa shape index (κ2) is 9.63. The van der Waals surface area contributed by atoms with Crippen molar-refractivity contribution in [3.05, 3.63) is 41.5 Å². The number of hydrogen-bond acceptors (Lipinski definition) is 6. The lowest BCUT2D eigenvalue weighted by atomic mass is 9.91. The molecular weight excluding hydrogens is 412 g/mol. The predicted octanol–water partition coefficient (Wildman–Crippen LogP) is 4.81. The van der Waals surface area contributed by atoms with E-state index in [4.69, 9.17) is 14.2 Å². The van der Waals surface area contributed by atoms with E-state index in [0.29, 0.717) is 17.7 Å². The zero-order chi connectivity index (χ0) is 24.3. The summed E-state index contributed by atoms with van der Waals surface area (Å²) in [5, 5.41) is 1.07. The lowest BCUT2D eigenvalue weighted by Crippen LogP contribution is -2.56. The monoisotopic (exact) mass is 446 g/mol. The molecule has 0 aliphatic heterocycles. The van der Waals surface area contributed by atoms with Gasteiger partial charge in [0.1, 0.15) is 17.0 Å². The van der Waals surface area contributed by atoms with Gasteiger partial charge in [-0.1, -0.05) is 12.2 Å². The van der Waals surface area contributed by atoms with Crippen LogP contribution < -0.4 is 10.2 Å². The van der Waals surface area contributed by atoms with E-state index in [0.717, 1.165) is 10.6 Å².